The van der Waals surface area contributed by atoms with E-state index in [1.54, 1.807) is 37.6 Å². The summed E-state index contributed by atoms with van der Waals surface area (Å²) in [4.78, 5) is 12.3. The first-order chi connectivity index (χ1) is 12.7. The molecule has 0 bridgehead atoms. The minimum Gasteiger partial charge on any atom is -0.496 e. The van der Waals surface area contributed by atoms with Crippen LogP contribution in [0.3, 0.4) is 0 Å². The molecular formula is C21H17N3O2. The van der Waals surface area contributed by atoms with Gasteiger partial charge in [-0.25, -0.2) is 5.43 Å². The molecule has 0 saturated heterocycles. The predicted molar refractivity (Wildman–Crippen MR) is 101 cm³/mol. The molecule has 0 aliphatic heterocycles. The van der Waals surface area contributed by atoms with Crippen LogP contribution in [0.1, 0.15) is 17.0 Å². The zero-order valence-electron chi connectivity index (χ0n) is 14.2. The van der Waals surface area contributed by atoms with E-state index in [9.17, 15) is 10.1 Å². The van der Waals surface area contributed by atoms with Gasteiger partial charge >= 0.3 is 0 Å². The number of hydrogen-bond donors (Lipinski definition) is 1. The number of ether oxygens (including phenoxy) is 1. The number of carbonyl (C=O) groups excluding carboxylic acids is 1. The van der Waals surface area contributed by atoms with Crippen molar-refractivity contribution in [2.24, 2.45) is 5.10 Å². The molecule has 0 radical (unpaired) electrons. The average Bonchev–Trinajstić information content (AvgIpc) is 2.69. The number of carbonyl (C=O) groups is 1. The van der Waals surface area contributed by atoms with Gasteiger partial charge in [0.05, 0.1) is 19.4 Å². The van der Waals surface area contributed by atoms with Crippen LogP contribution in [0, 0.1) is 11.3 Å². The van der Waals surface area contributed by atoms with E-state index in [2.05, 4.69) is 10.5 Å². The molecule has 0 aliphatic rings. The number of nitrogens with one attached hydrogen (secondary N) is 1. The summed E-state index contributed by atoms with van der Waals surface area (Å²) in [5.74, 6) is -0.593. The standard InChI is InChI=1S/C21H17N3O2/c1-26-20-12-11-16(17-9-5-6-10-18(17)20)14-23-24-21(25)19(13-22)15-7-3-2-4-8-15/h2-12,14,19H,1H3,(H,24,25)/b23-14-/t19-/m1/s1. The van der Waals surface area contributed by atoms with Crippen LogP contribution < -0.4 is 10.2 Å². The highest BCUT2D eigenvalue weighted by atomic mass is 16.5. The van der Waals surface area contributed by atoms with Crippen molar-refractivity contribution in [3.05, 3.63) is 77.9 Å². The van der Waals surface area contributed by atoms with Gasteiger partial charge in [-0.1, -0.05) is 54.6 Å². The molecular weight excluding hydrogens is 326 g/mol. The Balaban J connectivity index is 1.80. The first-order valence-corrected chi connectivity index (χ1v) is 8.08. The van der Waals surface area contributed by atoms with E-state index in [-0.39, 0.29) is 0 Å². The number of hydrazone groups is 1. The molecule has 0 spiro atoms. The molecule has 0 unspecified atom stereocenters. The molecule has 26 heavy (non-hydrogen) atoms. The number of rotatable bonds is 5. The Morgan fingerprint density at radius 1 is 1.08 bits per heavy atom. The van der Waals surface area contributed by atoms with Crippen molar-refractivity contribution in [2.75, 3.05) is 7.11 Å². The molecule has 0 fully saturated rings. The summed E-state index contributed by atoms with van der Waals surface area (Å²) >= 11 is 0. The normalized spacial score (nSPS) is 11.8. The third-order valence-electron chi connectivity index (χ3n) is 4.04. The van der Waals surface area contributed by atoms with Crippen LogP contribution in [0.15, 0.2) is 71.8 Å². The first kappa shape index (κ1) is 17.2. The highest BCUT2D eigenvalue weighted by molar-refractivity contribution is 6.02. The molecule has 3 aromatic carbocycles. The third kappa shape index (κ3) is 3.55. The van der Waals surface area contributed by atoms with Gasteiger partial charge in [-0.15, -0.1) is 0 Å². The second kappa shape index (κ2) is 7.95. The number of amides is 1. The molecule has 3 rings (SSSR count). The van der Waals surface area contributed by atoms with E-state index in [1.807, 2.05) is 48.5 Å². The molecule has 0 saturated carbocycles. The lowest BCUT2D eigenvalue weighted by molar-refractivity contribution is -0.121. The van der Waals surface area contributed by atoms with Crippen molar-refractivity contribution >= 4 is 22.9 Å². The predicted octanol–water partition coefficient (Wildman–Crippen LogP) is 3.61. The molecule has 128 valence electrons. The van der Waals surface area contributed by atoms with Gasteiger partial charge in [0, 0.05) is 10.9 Å². The molecule has 1 atom stereocenters. The summed E-state index contributed by atoms with van der Waals surface area (Å²) in [6, 6.07) is 22.4. The van der Waals surface area contributed by atoms with Crippen molar-refractivity contribution < 1.29 is 9.53 Å². The summed E-state index contributed by atoms with van der Waals surface area (Å²) in [5.41, 5.74) is 3.93. The lowest BCUT2D eigenvalue weighted by atomic mass is 10.0. The zero-order valence-corrected chi connectivity index (χ0v) is 14.2. The number of benzene rings is 3. The van der Waals surface area contributed by atoms with Gasteiger partial charge in [-0.05, 0) is 23.1 Å². The monoisotopic (exact) mass is 343 g/mol. The van der Waals surface area contributed by atoms with Crippen LogP contribution in [0.4, 0.5) is 0 Å². The van der Waals surface area contributed by atoms with E-state index < -0.39 is 11.8 Å². The number of methoxy groups -OCH3 is 1. The van der Waals surface area contributed by atoms with Crippen LogP contribution in [0.25, 0.3) is 10.8 Å². The third-order valence-corrected chi connectivity index (χ3v) is 4.04. The van der Waals surface area contributed by atoms with E-state index in [1.165, 1.54) is 0 Å². The fraction of sp³-hybridized carbons (Fsp3) is 0.0952. The van der Waals surface area contributed by atoms with Gasteiger partial charge in [-0.2, -0.15) is 10.4 Å². The molecule has 5 nitrogen and oxygen atoms in total. The number of hydrogen-bond acceptors (Lipinski definition) is 4. The maximum Gasteiger partial charge on any atom is 0.261 e. The molecule has 0 heterocycles. The van der Waals surface area contributed by atoms with Crippen molar-refractivity contribution in [1.82, 2.24) is 5.43 Å². The molecule has 0 aromatic heterocycles. The van der Waals surface area contributed by atoms with Crippen molar-refractivity contribution in [2.45, 2.75) is 5.92 Å². The summed E-state index contributed by atoms with van der Waals surface area (Å²) in [7, 11) is 1.63. The van der Waals surface area contributed by atoms with E-state index in [4.69, 9.17) is 4.74 Å². The van der Waals surface area contributed by atoms with Gasteiger partial charge in [0.1, 0.15) is 5.75 Å². The fourth-order valence-corrected chi connectivity index (χ4v) is 2.75. The van der Waals surface area contributed by atoms with Gasteiger partial charge in [0.25, 0.3) is 5.91 Å². The summed E-state index contributed by atoms with van der Waals surface area (Å²) < 4.78 is 5.37. The van der Waals surface area contributed by atoms with Crippen LogP contribution in [-0.4, -0.2) is 19.2 Å². The van der Waals surface area contributed by atoms with Crippen LogP contribution in [0.2, 0.25) is 0 Å². The second-order valence-corrected chi connectivity index (χ2v) is 5.61. The molecule has 1 N–H and O–H groups in total. The minimum absolute atomic E-state index is 0.465. The first-order valence-electron chi connectivity index (χ1n) is 8.08. The Morgan fingerprint density at radius 3 is 2.46 bits per heavy atom. The van der Waals surface area contributed by atoms with Crippen molar-refractivity contribution in [3.63, 3.8) is 0 Å². The lowest BCUT2D eigenvalue weighted by Crippen LogP contribution is -2.24. The SMILES string of the molecule is COc1ccc(/C=N\NC(=O)[C@H](C#N)c2ccccc2)c2ccccc12. The largest absolute Gasteiger partial charge is 0.496 e. The van der Waals surface area contributed by atoms with Gasteiger partial charge in [0.2, 0.25) is 0 Å². The quantitative estimate of drug-likeness (QED) is 0.568. The molecule has 0 aliphatic carbocycles. The van der Waals surface area contributed by atoms with E-state index in [0.29, 0.717) is 5.56 Å². The maximum absolute atomic E-state index is 12.3. The topological polar surface area (TPSA) is 74.5 Å². The van der Waals surface area contributed by atoms with Crippen molar-refractivity contribution in [3.8, 4) is 11.8 Å². The summed E-state index contributed by atoms with van der Waals surface area (Å²) in [6.45, 7) is 0. The number of nitrogens with zero attached hydrogens (tertiary/aromatic N) is 2. The molecule has 3 aromatic rings. The van der Waals surface area contributed by atoms with Gasteiger partial charge < -0.3 is 4.74 Å². The second-order valence-electron chi connectivity index (χ2n) is 5.61. The Kier molecular flexibility index (Phi) is 5.25. The van der Waals surface area contributed by atoms with E-state index >= 15 is 0 Å². The number of nitriles is 1. The Labute approximate surface area is 151 Å². The average molecular weight is 343 g/mol. The minimum atomic E-state index is -0.902. The smallest absolute Gasteiger partial charge is 0.261 e. The summed E-state index contributed by atoms with van der Waals surface area (Å²) in [5, 5.41) is 15.2. The molecule has 5 heteroatoms. The Morgan fingerprint density at radius 2 is 1.77 bits per heavy atom. The van der Waals surface area contributed by atoms with Crippen LogP contribution in [0.5, 0.6) is 5.75 Å². The highest BCUT2D eigenvalue weighted by Crippen LogP contribution is 2.27. The maximum atomic E-state index is 12.3. The van der Waals surface area contributed by atoms with Crippen LogP contribution >= 0.6 is 0 Å². The van der Waals surface area contributed by atoms with Gasteiger partial charge in [-0.3, -0.25) is 4.79 Å². The fourth-order valence-electron chi connectivity index (χ4n) is 2.75. The highest BCUT2D eigenvalue weighted by Gasteiger charge is 2.19. The lowest BCUT2D eigenvalue weighted by Gasteiger charge is -2.08. The van der Waals surface area contributed by atoms with E-state index in [0.717, 1.165) is 22.1 Å². The Bertz CT molecular complexity index is 991. The zero-order chi connectivity index (χ0) is 18.4. The van der Waals surface area contributed by atoms with Crippen LogP contribution in [-0.2, 0) is 4.79 Å². The van der Waals surface area contributed by atoms with Gasteiger partial charge in [0.15, 0.2) is 5.92 Å². The Hall–Kier alpha value is -3.65. The number of fused-ring (bicyclic) bond motifs is 1. The summed E-state index contributed by atoms with van der Waals surface area (Å²) in [6.07, 6.45) is 1.57. The molecule has 1 amide bonds. The van der Waals surface area contributed by atoms with Crippen molar-refractivity contribution in [1.29, 1.82) is 5.26 Å².